The predicted octanol–water partition coefficient (Wildman–Crippen LogP) is 3.31. The Morgan fingerprint density at radius 3 is 3.00 bits per heavy atom. The van der Waals surface area contributed by atoms with Crippen LogP contribution in [0, 0.1) is 5.92 Å². The van der Waals surface area contributed by atoms with Gasteiger partial charge in [-0.1, -0.05) is 31.4 Å². The number of rotatable bonds is 2. The van der Waals surface area contributed by atoms with Crippen molar-refractivity contribution in [3.05, 3.63) is 17.4 Å². The van der Waals surface area contributed by atoms with Crippen LogP contribution in [-0.4, -0.2) is 11.0 Å². The number of halogens is 1. The average Bonchev–Trinajstić information content (AvgIpc) is 2.22. The van der Waals surface area contributed by atoms with Gasteiger partial charge in [0.2, 0.25) is 0 Å². The summed E-state index contributed by atoms with van der Waals surface area (Å²) in [5, 5.41) is 3.91. The number of hydrogen-bond donors (Lipinski definition) is 2. The van der Waals surface area contributed by atoms with Crippen LogP contribution in [0.2, 0.25) is 5.15 Å². The second kappa shape index (κ2) is 4.91. The van der Waals surface area contributed by atoms with Crippen LogP contribution in [0.5, 0.6) is 0 Å². The van der Waals surface area contributed by atoms with E-state index < -0.39 is 0 Å². The number of nitrogen functional groups attached to an aromatic ring is 1. The quantitative estimate of drug-likeness (QED) is 0.779. The summed E-state index contributed by atoms with van der Waals surface area (Å²) < 4.78 is 0. The third-order valence-electron chi connectivity index (χ3n) is 3.20. The van der Waals surface area contributed by atoms with E-state index in [1.54, 1.807) is 12.3 Å². The predicted molar refractivity (Wildman–Crippen MR) is 68.7 cm³/mol. The van der Waals surface area contributed by atoms with Crippen molar-refractivity contribution in [3.63, 3.8) is 0 Å². The minimum atomic E-state index is 0.445. The molecule has 4 heteroatoms. The molecule has 16 heavy (non-hydrogen) atoms. The van der Waals surface area contributed by atoms with E-state index in [0.717, 1.165) is 11.6 Å². The summed E-state index contributed by atoms with van der Waals surface area (Å²) in [5.41, 5.74) is 7.47. The van der Waals surface area contributed by atoms with Gasteiger partial charge in [-0.25, -0.2) is 4.98 Å². The van der Waals surface area contributed by atoms with Gasteiger partial charge in [0.05, 0.1) is 17.6 Å². The molecular formula is C12H18ClN3. The lowest BCUT2D eigenvalue weighted by Gasteiger charge is -2.28. The van der Waals surface area contributed by atoms with Gasteiger partial charge in [0.25, 0.3) is 0 Å². The molecule has 1 saturated carbocycles. The van der Waals surface area contributed by atoms with Crippen LogP contribution in [0.25, 0.3) is 0 Å². The lowest BCUT2D eigenvalue weighted by molar-refractivity contribution is 0.358. The summed E-state index contributed by atoms with van der Waals surface area (Å²) in [7, 11) is 0. The molecule has 0 unspecified atom stereocenters. The highest BCUT2D eigenvalue weighted by atomic mass is 35.5. The molecule has 1 aromatic rings. The van der Waals surface area contributed by atoms with Crippen LogP contribution >= 0.6 is 11.6 Å². The molecule has 1 aliphatic rings. The fraction of sp³-hybridized carbons (Fsp3) is 0.583. The minimum Gasteiger partial charge on any atom is -0.397 e. The second-order valence-corrected chi connectivity index (χ2v) is 5.09. The average molecular weight is 240 g/mol. The van der Waals surface area contributed by atoms with Gasteiger partial charge >= 0.3 is 0 Å². The molecule has 1 heterocycles. The lowest BCUT2D eigenvalue weighted by Crippen LogP contribution is -2.26. The van der Waals surface area contributed by atoms with Crippen molar-refractivity contribution in [2.24, 2.45) is 5.92 Å². The normalized spacial score (nSPS) is 25.4. The number of hydrogen-bond acceptors (Lipinski definition) is 3. The summed E-state index contributed by atoms with van der Waals surface area (Å²) in [6, 6.07) is 2.21. The minimum absolute atomic E-state index is 0.445. The molecule has 0 aromatic carbocycles. The fourth-order valence-electron chi connectivity index (χ4n) is 2.35. The standard InChI is InChI=1S/C12H18ClN3/c1-8-3-2-4-9(5-8)16-11-7-15-12(13)6-10(11)14/h6-9,16H,2-5H2,1H3,(H2,14,15)/t8-,9+/m1/s1. The zero-order valence-electron chi connectivity index (χ0n) is 9.54. The van der Waals surface area contributed by atoms with Crippen LogP contribution in [-0.2, 0) is 0 Å². The molecule has 1 aliphatic carbocycles. The fourth-order valence-corrected chi connectivity index (χ4v) is 2.52. The molecule has 0 spiro atoms. The van der Waals surface area contributed by atoms with E-state index in [9.17, 15) is 0 Å². The Bertz CT molecular complexity index is 367. The number of nitrogens with two attached hydrogens (primary N) is 1. The van der Waals surface area contributed by atoms with E-state index in [4.69, 9.17) is 17.3 Å². The summed E-state index contributed by atoms with van der Waals surface area (Å²) in [6.07, 6.45) is 6.78. The zero-order valence-corrected chi connectivity index (χ0v) is 10.3. The lowest BCUT2D eigenvalue weighted by atomic mass is 9.87. The van der Waals surface area contributed by atoms with Crippen LogP contribution in [0.15, 0.2) is 12.3 Å². The van der Waals surface area contributed by atoms with E-state index in [1.165, 1.54) is 25.7 Å². The van der Waals surface area contributed by atoms with Crippen LogP contribution in [0.3, 0.4) is 0 Å². The third-order valence-corrected chi connectivity index (χ3v) is 3.41. The maximum absolute atomic E-state index is 5.89. The van der Waals surface area contributed by atoms with Gasteiger partial charge in [0.1, 0.15) is 5.15 Å². The highest BCUT2D eigenvalue weighted by Crippen LogP contribution is 2.28. The van der Waals surface area contributed by atoms with Crippen molar-refractivity contribution < 1.29 is 0 Å². The van der Waals surface area contributed by atoms with Crippen molar-refractivity contribution in [3.8, 4) is 0 Å². The zero-order chi connectivity index (χ0) is 11.5. The molecule has 0 bridgehead atoms. The summed E-state index contributed by atoms with van der Waals surface area (Å²) in [5.74, 6) is 0.799. The van der Waals surface area contributed by atoms with Crippen molar-refractivity contribution in [1.82, 2.24) is 4.98 Å². The molecule has 3 nitrogen and oxygen atoms in total. The maximum Gasteiger partial charge on any atom is 0.131 e. The van der Waals surface area contributed by atoms with E-state index in [2.05, 4.69) is 17.2 Å². The smallest absolute Gasteiger partial charge is 0.131 e. The van der Waals surface area contributed by atoms with Crippen LogP contribution < -0.4 is 11.1 Å². The molecule has 2 rings (SSSR count). The Hall–Kier alpha value is -0.960. The van der Waals surface area contributed by atoms with Crippen molar-refractivity contribution >= 4 is 23.0 Å². The molecule has 3 N–H and O–H groups in total. The first-order valence-corrected chi connectivity index (χ1v) is 6.20. The Balaban J connectivity index is 2.02. The van der Waals surface area contributed by atoms with E-state index in [1.807, 2.05) is 0 Å². The number of nitrogens with one attached hydrogen (secondary N) is 1. The maximum atomic E-state index is 5.89. The van der Waals surface area contributed by atoms with Crippen molar-refractivity contribution in [1.29, 1.82) is 0 Å². The SMILES string of the molecule is C[C@@H]1CCC[C@H](Nc2cnc(Cl)cc2N)C1. The Morgan fingerprint density at radius 2 is 2.31 bits per heavy atom. The first kappa shape index (κ1) is 11.5. The van der Waals surface area contributed by atoms with Crippen LogP contribution in [0.1, 0.15) is 32.6 Å². The molecule has 0 aliphatic heterocycles. The molecule has 88 valence electrons. The van der Waals surface area contributed by atoms with Gasteiger partial charge in [-0.15, -0.1) is 0 Å². The van der Waals surface area contributed by atoms with Crippen molar-refractivity contribution in [2.75, 3.05) is 11.1 Å². The molecule has 1 aromatic heterocycles. The number of nitrogens with zero attached hydrogens (tertiary/aromatic N) is 1. The summed E-state index contributed by atoms with van der Waals surface area (Å²) in [4.78, 5) is 4.05. The van der Waals surface area contributed by atoms with Crippen molar-refractivity contribution in [2.45, 2.75) is 38.6 Å². The first-order valence-electron chi connectivity index (χ1n) is 5.82. The van der Waals surface area contributed by atoms with E-state index in [0.29, 0.717) is 16.9 Å². The molecule has 0 radical (unpaired) electrons. The Kier molecular flexibility index (Phi) is 3.54. The molecule has 0 saturated heterocycles. The second-order valence-electron chi connectivity index (χ2n) is 4.71. The topological polar surface area (TPSA) is 50.9 Å². The molecular weight excluding hydrogens is 222 g/mol. The number of anilines is 2. The summed E-state index contributed by atoms with van der Waals surface area (Å²) >= 11 is 5.76. The third kappa shape index (κ3) is 2.79. The van der Waals surface area contributed by atoms with E-state index in [-0.39, 0.29) is 0 Å². The molecule has 1 fully saturated rings. The number of aromatic nitrogens is 1. The largest absolute Gasteiger partial charge is 0.397 e. The highest BCUT2D eigenvalue weighted by molar-refractivity contribution is 6.29. The monoisotopic (exact) mass is 239 g/mol. The van der Waals surface area contributed by atoms with Gasteiger partial charge in [-0.3, -0.25) is 0 Å². The van der Waals surface area contributed by atoms with Gasteiger partial charge in [0, 0.05) is 12.1 Å². The van der Waals surface area contributed by atoms with Gasteiger partial charge in [0.15, 0.2) is 0 Å². The van der Waals surface area contributed by atoms with Gasteiger partial charge < -0.3 is 11.1 Å². The van der Waals surface area contributed by atoms with Gasteiger partial charge in [-0.2, -0.15) is 0 Å². The Labute approximate surface area is 101 Å². The molecule has 0 amide bonds. The molecule has 2 atom stereocenters. The van der Waals surface area contributed by atoms with Gasteiger partial charge in [-0.05, 0) is 18.8 Å². The van der Waals surface area contributed by atoms with Crippen LogP contribution in [0.4, 0.5) is 11.4 Å². The number of pyridine rings is 1. The highest BCUT2D eigenvalue weighted by Gasteiger charge is 2.19. The summed E-state index contributed by atoms with van der Waals surface area (Å²) in [6.45, 7) is 2.30. The Morgan fingerprint density at radius 1 is 1.50 bits per heavy atom. The van der Waals surface area contributed by atoms with E-state index >= 15 is 0 Å². The first-order chi connectivity index (χ1) is 7.65.